The van der Waals surface area contributed by atoms with Gasteiger partial charge in [0.2, 0.25) is 0 Å². The minimum atomic E-state index is -4.23. The van der Waals surface area contributed by atoms with Crippen molar-refractivity contribution < 1.29 is 23.0 Å². The van der Waals surface area contributed by atoms with E-state index in [0.29, 0.717) is 29.6 Å². The zero-order chi connectivity index (χ0) is 16.0. The zero-order valence-electron chi connectivity index (χ0n) is 12.0. The minimum Gasteiger partial charge on any atom is -0.503 e. The summed E-state index contributed by atoms with van der Waals surface area (Å²) in [7, 11) is 0. The van der Waals surface area contributed by atoms with Crippen LogP contribution in [-0.2, 0) is 6.54 Å². The number of ether oxygens (including phenoxy) is 1. The van der Waals surface area contributed by atoms with Crippen LogP contribution in [0.3, 0.4) is 0 Å². The Hall–Kier alpha value is -0.950. The molecule has 0 bridgehead atoms. The summed E-state index contributed by atoms with van der Waals surface area (Å²) >= 11 is 3.19. The van der Waals surface area contributed by atoms with Gasteiger partial charge in [-0.05, 0) is 53.5 Å². The molecule has 0 heterocycles. The van der Waals surface area contributed by atoms with Gasteiger partial charge in [-0.15, -0.1) is 0 Å². The quantitative estimate of drug-likeness (QED) is 0.776. The van der Waals surface area contributed by atoms with Gasteiger partial charge in [0.25, 0.3) is 0 Å². The Morgan fingerprint density at radius 1 is 1.29 bits per heavy atom. The fourth-order valence-electron chi connectivity index (χ4n) is 2.03. The summed E-state index contributed by atoms with van der Waals surface area (Å²) in [5.41, 5.74) is 0.654. The van der Waals surface area contributed by atoms with Gasteiger partial charge in [0, 0.05) is 6.54 Å². The summed E-state index contributed by atoms with van der Waals surface area (Å²) < 4.78 is 43.4. The Balaban J connectivity index is 2.92. The maximum atomic E-state index is 12.6. The number of nitrogens with zero attached hydrogens (tertiary/aromatic N) is 1. The molecule has 1 rings (SSSR count). The molecule has 0 aliphatic carbocycles. The smallest absolute Gasteiger partial charge is 0.401 e. The molecule has 120 valence electrons. The Labute approximate surface area is 130 Å². The molecule has 0 atom stereocenters. The molecule has 0 aliphatic rings. The van der Waals surface area contributed by atoms with E-state index in [4.69, 9.17) is 4.74 Å². The average molecular weight is 370 g/mol. The Kier molecular flexibility index (Phi) is 6.80. The molecule has 0 fully saturated rings. The summed E-state index contributed by atoms with van der Waals surface area (Å²) in [6.45, 7) is 3.51. The van der Waals surface area contributed by atoms with E-state index in [9.17, 15) is 18.3 Å². The van der Waals surface area contributed by atoms with Gasteiger partial charge < -0.3 is 9.84 Å². The second-order valence-corrected chi connectivity index (χ2v) is 5.54. The van der Waals surface area contributed by atoms with Crippen LogP contribution in [0.2, 0.25) is 0 Å². The average Bonchev–Trinajstić information content (AvgIpc) is 2.34. The van der Waals surface area contributed by atoms with Crippen molar-refractivity contribution in [3.63, 3.8) is 0 Å². The number of phenols is 1. The molecule has 0 saturated heterocycles. The van der Waals surface area contributed by atoms with Crippen molar-refractivity contribution in [1.29, 1.82) is 0 Å². The predicted octanol–water partition coefficient (Wildman–Crippen LogP) is 4.33. The van der Waals surface area contributed by atoms with Gasteiger partial charge in [0.1, 0.15) is 0 Å². The topological polar surface area (TPSA) is 32.7 Å². The van der Waals surface area contributed by atoms with Crippen LogP contribution in [0.4, 0.5) is 13.2 Å². The summed E-state index contributed by atoms with van der Waals surface area (Å²) in [5.74, 6) is 0.226. The van der Waals surface area contributed by atoms with Gasteiger partial charge in [-0.2, -0.15) is 13.2 Å². The first-order valence-electron chi connectivity index (χ1n) is 6.70. The summed E-state index contributed by atoms with van der Waals surface area (Å²) in [5, 5.41) is 9.81. The molecular weight excluding hydrogens is 351 g/mol. The molecule has 0 radical (unpaired) electrons. The number of rotatable bonds is 7. The maximum Gasteiger partial charge on any atom is 0.401 e. The number of aromatic hydroxyl groups is 1. The summed E-state index contributed by atoms with van der Waals surface area (Å²) in [6, 6.07) is 3.18. The van der Waals surface area contributed by atoms with Crippen LogP contribution < -0.4 is 4.74 Å². The second kappa shape index (κ2) is 7.89. The van der Waals surface area contributed by atoms with E-state index < -0.39 is 12.7 Å². The lowest BCUT2D eigenvalue weighted by Crippen LogP contribution is -2.34. The Bertz CT molecular complexity index is 466. The summed E-state index contributed by atoms with van der Waals surface area (Å²) in [6.07, 6.45) is -3.60. The number of halogens is 4. The van der Waals surface area contributed by atoms with Crippen LogP contribution in [0.25, 0.3) is 0 Å². The van der Waals surface area contributed by atoms with Gasteiger partial charge in [-0.3, -0.25) is 4.90 Å². The molecule has 1 aromatic rings. The van der Waals surface area contributed by atoms with Crippen molar-refractivity contribution in [2.24, 2.45) is 0 Å². The van der Waals surface area contributed by atoms with Gasteiger partial charge >= 0.3 is 6.18 Å². The van der Waals surface area contributed by atoms with Gasteiger partial charge in [-0.25, -0.2) is 0 Å². The van der Waals surface area contributed by atoms with Crippen LogP contribution >= 0.6 is 15.9 Å². The number of alkyl halides is 3. The van der Waals surface area contributed by atoms with Crippen molar-refractivity contribution in [1.82, 2.24) is 4.90 Å². The Morgan fingerprint density at radius 2 is 1.95 bits per heavy atom. The van der Waals surface area contributed by atoms with Crippen LogP contribution in [0.5, 0.6) is 11.5 Å². The van der Waals surface area contributed by atoms with E-state index in [0.717, 1.165) is 0 Å². The zero-order valence-corrected chi connectivity index (χ0v) is 13.6. The Morgan fingerprint density at radius 3 is 2.48 bits per heavy atom. The van der Waals surface area contributed by atoms with E-state index in [-0.39, 0.29) is 18.0 Å². The minimum absolute atomic E-state index is 0.0431. The fourth-order valence-corrected chi connectivity index (χ4v) is 2.52. The first-order valence-corrected chi connectivity index (χ1v) is 7.49. The number of hydrogen-bond donors (Lipinski definition) is 1. The van der Waals surface area contributed by atoms with E-state index in [1.807, 2.05) is 6.92 Å². The highest BCUT2D eigenvalue weighted by molar-refractivity contribution is 9.10. The molecule has 1 N–H and O–H groups in total. The maximum absolute atomic E-state index is 12.6. The van der Waals surface area contributed by atoms with Crippen LogP contribution in [0.15, 0.2) is 16.6 Å². The number of benzene rings is 1. The van der Waals surface area contributed by atoms with Crippen molar-refractivity contribution >= 4 is 15.9 Å². The van der Waals surface area contributed by atoms with E-state index in [1.54, 1.807) is 19.1 Å². The molecule has 0 spiro atoms. The number of hydrogen-bond acceptors (Lipinski definition) is 3. The lowest BCUT2D eigenvalue weighted by atomic mass is 10.2. The normalized spacial score (nSPS) is 12.0. The van der Waals surface area contributed by atoms with E-state index in [1.165, 1.54) is 4.90 Å². The second-order valence-electron chi connectivity index (χ2n) is 4.68. The molecular formula is C14H19BrF3NO2. The van der Waals surface area contributed by atoms with E-state index in [2.05, 4.69) is 15.9 Å². The third kappa shape index (κ3) is 6.13. The third-order valence-corrected chi connectivity index (χ3v) is 3.34. The first-order chi connectivity index (χ1) is 9.76. The third-order valence-electron chi connectivity index (χ3n) is 2.74. The molecule has 0 unspecified atom stereocenters. The van der Waals surface area contributed by atoms with Crippen LogP contribution in [0.1, 0.15) is 25.8 Å². The molecule has 21 heavy (non-hydrogen) atoms. The molecule has 0 aliphatic heterocycles. The van der Waals surface area contributed by atoms with Crippen LogP contribution in [-0.4, -0.2) is 35.9 Å². The van der Waals surface area contributed by atoms with E-state index >= 15 is 0 Å². The predicted molar refractivity (Wildman–Crippen MR) is 78.6 cm³/mol. The van der Waals surface area contributed by atoms with Gasteiger partial charge in [0.05, 0.1) is 17.6 Å². The molecule has 0 saturated carbocycles. The highest BCUT2D eigenvalue weighted by Crippen LogP contribution is 2.36. The lowest BCUT2D eigenvalue weighted by molar-refractivity contribution is -0.147. The molecule has 0 amide bonds. The van der Waals surface area contributed by atoms with Crippen LogP contribution in [0, 0.1) is 0 Å². The molecule has 1 aromatic carbocycles. The van der Waals surface area contributed by atoms with Crippen molar-refractivity contribution in [3.05, 3.63) is 22.2 Å². The van der Waals surface area contributed by atoms with Crippen molar-refractivity contribution in [3.8, 4) is 11.5 Å². The SMILES string of the molecule is CCCN(Cc1cc(Br)c(O)c(OCC)c1)CC(F)(F)F. The standard InChI is InChI=1S/C14H19BrF3NO2/c1-3-5-19(9-14(16,17)18)8-10-6-11(15)13(20)12(7-10)21-4-2/h6-7,20H,3-5,8-9H2,1-2H3. The number of phenolic OH excluding ortho intramolecular Hbond substituents is 1. The lowest BCUT2D eigenvalue weighted by Gasteiger charge is -2.23. The molecule has 0 aromatic heterocycles. The summed E-state index contributed by atoms with van der Waals surface area (Å²) in [4.78, 5) is 1.33. The van der Waals surface area contributed by atoms with Gasteiger partial charge in [-0.1, -0.05) is 6.92 Å². The van der Waals surface area contributed by atoms with Crippen molar-refractivity contribution in [2.75, 3.05) is 19.7 Å². The van der Waals surface area contributed by atoms with Gasteiger partial charge in [0.15, 0.2) is 11.5 Å². The largest absolute Gasteiger partial charge is 0.503 e. The monoisotopic (exact) mass is 369 g/mol. The highest BCUT2D eigenvalue weighted by Gasteiger charge is 2.30. The molecule has 7 heteroatoms. The highest BCUT2D eigenvalue weighted by atomic mass is 79.9. The first kappa shape index (κ1) is 18.1. The molecule has 3 nitrogen and oxygen atoms in total. The fraction of sp³-hybridized carbons (Fsp3) is 0.571. The van der Waals surface area contributed by atoms with Crippen molar-refractivity contribution in [2.45, 2.75) is 33.0 Å².